The highest BCUT2D eigenvalue weighted by molar-refractivity contribution is 6.53. The van der Waals surface area contributed by atoms with E-state index in [-0.39, 0.29) is 41.9 Å². The van der Waals surface area contributed by atoms with Gasteiger partial charge in [0.25, 0.3) is 11.8 Å². The molecule has 1 N–H and O–H groups in total. The van der Waals surface area contributed by atoms with Crippen molar-refractivity contribution < 1.29 is 33.8 Å². The number of nitrogens with zero attached hydrogens (tertiary/aromatic N) is 2. The van der Waals surface area contributed by atoms with Crippen LogP contribution in [0.4, 0.5) is 0 Å². The Morgan fingerprint density at radius 1 is 0.974 bits per heavy atom. The third-order valence-corrected chi connectivity index (χ3v) is 9.92. The lowest BCUT2D eigenvalue weighted by molar-refractivity contribution is -0.146. The van der Waals surface area contributed by atoms with Crippen LogP contribution in [-0.2, 0) is 19.2 Å². The van der Waals surface area contributed by atoms with E-state index in [1.807, 2.05) is 6.08 Å². The molecule has 204 valence electrons. The number of fused-ring (bicyclic) bond motifs is 4. The van der Waals surface area contributed by atoms with Crippen molar-refractivity contribution in [3.63, 3.8) is 0 Å². The number of rotatable bonds is 3. The number of hydrogen-bond donors (Lipinski definition) is 1. The van der Waals surface area contributed by atoms with Crippen LogP contribution in [0.25, 0.3) is 0 Å². The number of carbonyl (C=O) groups excluding carboxylic acids is 4. The minimum Gasteiger partial charge on any atom is -0.508 e. The molecule has 0 unspecified atom stereocenters. The van der Waals surface area contributed by atoms with Crippen molar-refractivity contribution in [1.29, 1.82) is 0 Å². The van der Waals surface area contributed by atoms with Crippen LogP contribution < -0.4 is 9.47 Å². The highest BCUT2D eigenvalue weighted by Gasteiger charge is 2.76. The Labute approximate surface area is 230 Å². The van der Waals surface area contributed by atoms with Gasteiger partial charge < -0.3 is 14.6 Å². The van der Waals surface area contributed by atoms with Crippen LogP contribution in [0.2, 0.25) is 0 Å². The fourth-order valence-electron chi connectivity index (χ4n) is 6.93. The van der Waals surface area contributed by atoms with E-state index in [0.717, 1.165) is 4.90 Å². The lowest BCUT2D eigenvalue weighted by Crippen LogP contribution is -2.60. The third-order valence-electron chi connectivity index (χ3n) is 8.50. The largest absolute Gasteiger partial charge is 0.508 e. The summed E-state index contributed by atoms with van der Waals surface area (Å²) in [6.45, 7) is 5.39. The van der Waals surface area contributed by atoms with E-state index >= 15 is 0 Å². The van der Waals surface area contributed by atoms with Crippen LogP contribution >= 0.6 is 23.2 Å². The van der Waals surface area contributed by atoms with Crippen molar-refractivity contribution in [2.45, 2.75) is 54.8 Å². The van der Waals surface area contributed by atoms with Crippen molar-refractivity contribution in [2.24, 2.45) is 17.8 Å². The summed E-state index contributed by atoms with van der Waals surface area (Å²) in [5.74, 6) is -4.86. The van der Waals surface area contributed by atoms with Crippen LogP contribution in [0, 0.1) is 17.8 Å². The fourth-order valence-corrected chi connectivity index (χ4v) is 7.93. The zero-order valence-electron chi connectivity index (χ0n) is 22.0. The van der Waals surface area contributed by atoms with Gasteiger partial charge in [0.15, 0.2) is 9.75 Å². The summed E-state index contributed by atoms with van der Waals surface area (Å²) in [5, 5.41) is 10.3. The summed E-state index contributed by atoms with van der Waals surface area (Å²) in [7, 11) is 4.12. The molecule has 0 bridgehead atoms. The number of aromatic hydroxyl groups is 1. The molecule has 2 saturated heterocycles. The van der Waals surface area contributed by atoms with Gasteiger partial charge in [-0.05, 0) is 39.5 Å². The summed E-state index contributed by atoms with van der Waals surface area (Å²) in [6.07, 6.45) is 2.00. The number of allylic oxidation sites excluding steroid dienone is 2. The van der Waals surface area contributed by atoms with Gasteiger partial charge in [-0.15, -0.1) is 23.2 Å². The maximum Gasteiger partial charge on any atom is 0.253 e. The van der Waals surface area contributed by atoms with Gasteiger partial charge >= 0.3 is 0 Å². The van der Waals surface area contributed by atoms with Gasteiger partial charge in [-0.2, -0.15) is 0 Å². The molecule has 4 aliphatic rings. The van der Waals surface area contributed by atoms with Gasteiger partial charge in [-0.1, -0.05) is 11.6 Å². The first-order valence-electron chi connectivity index (χ1n) is 12.4. The number of methoxy groups -OCH3 is 2. The molecule has 11 heteroatoms. The van der Waals surface area contributed by atoms with E-state index in [1.165, 1.54) is 38.3 Å². The zero-order valence-corrected chi connectivity index (χ0v) is 23.5. The predicted molar refractivity (Wildman–Crippen MR) is 138 cm³/mol. The molecule has 3 fully saturated rings. The molecule has 0 spiro atoms. The summed E-state index contributed by atoms with van der Waals surface area (Å²) >= 11 is 14.4. The van der Waals surface area contributed by atoms with Crippen molar-refractivity contribution in [3.8, 4) is 17.2 Å². The molecule has 1 aromatic carbocycles. The molecule has 4 amide bonds. The molecule has 0 aromatic heterocycles. The zero-order chi connectivity index (χ0) is 28.1. The standard InChI is InChI=1S/C27H30Cl2N2O7/c1-25(2,3)31-21(33)14-8-7-13-15(18(14)22(31)34)11-26(28)23(35)30(4)24(36)27(26,29)20(13)19-16(37-5)9-12(32)10-17(19)38-6/h7,9-10,14-15,18,20,32H,8,11H2,1-6H3/t14-,15+,18-,20+,26+,27-/m0/s1. The number of phenols is 1. The number of amides is 4. The first kappa shape index (κ1) is 26.8. The number of likely N-dealkylation sites (tertiary alicyclic amines) is 2. The van der Waals surface area contributed by atoms with E-state index < -0.39 is 50.8 Å². The second-order valence-corrected chi connectivity index (χ2v) is 12.7. The van der Waals surface area contributed by atoms with E-state index in [1.54, 1.807) is 20.8 Å². The van der Waals surface area contributed by atoms with Gasteiger partial charge in [0, 0.05) is 36.2 Å². The fraction of sp³-hybridized carbons (Fsp3) is 0.556. The lowest BCUT2D eigenvalue weighted by atomic mass is 9.56. The predicted octanol–water partition coefficient (Wildman–Crippen LogP) is 3.20. The Morgan fingerprint density at radius 2 is 1.55 bits per heavy atom. The molecular weight excluding hydrogens is 535 g/mol. The number of imide groups is 2. The highest BCUT2D eigenvalue weighted by Crippen LogP contribution is 2.67. The minimum atomic E-state index is -1.98. The average Bonchev–Trinajstić information content (AvgIpc) is 3.19. The molecule has 0 radical (unpaired) electrons. The number of ether oxygens (including phenoxy) is 2. The molecule has 2 aliphatic carbocycles. The Morgan fingerprint density at radius 3 is 2.08 bits per heavy atom. The van der Waals surface area contributed by atoms with Crippen LogP contribution in [-0.4, -0.2) is 75.1 Å². The number of halogens is 2. The molecule has 38 heavy (non-hydrogen) atoms. The average molecular weight is 565 g/mol. The number of benzene rings is 1. The second kappa shape index (κ2) is 8.36. The number of carbonyl (C=O) groups is 4. The molecule has 1 aromatic rings. The summed E-state index contributed by atoms with van der Waals surface area (Å²) in [6, 6.07) is 2.72. The lowest BCUT2D eigenvalue weighted by Gasteiger charge is -2.51. The van der Waals surface area contributed by atoms with Crippen LogP contribution in [0.1, 0.15) is 45.1 Å². The van der Waals surface area contributed by atoms with Crippen molar-refractivity contribution >= 4 is 46.8 Å². The van der Waals surface area contributed by atoms with Crippen molar-refractivity contribution in [1.82, 2.24) is 9.80 Å². The molecule has 9 nitrogen and oxygen atoms in total. The summed E-state index contributed by atoms with van der Waals surface area (Å²) in [4.78, 5) is 52.9. The van der Waals surface area contributed by atoms with E-state index in [0.29, 0.717) is 11.1 Å². The number of alkyl halides is 2. The van der Waals surface area contributed by atoms with Gasteiger partial charge in [0.05, 0.1) is 26.1 Å². The second-order valence-electron chi connectivity index (χ2n) is 11.4. The Bertz CT molecular complexity index is 1300. The summed E-state index contributed by atoms with van der Waals surface area (Å²) in [5.41, 5.74) is 0.202. The van der Waals surface area contributed by atoms with E-state index in [2.05, 4.69) is 0 Å². The van der Waals surface area contributed by atoms with Gasteiger partial charge in [-0.3, -0.25) is 29.0 Å². The molecular formula is C27H30Cl2N2O7. The Balaban J connectivity index is 1.79. The van der Waals surface area contributed by atoms with E-state index in [9.17, 15) is 24.3 Å². The van der Waals surface area contributed by atoms with Crippen LogP contribution in [0.3, 0.4) is 0 Å². The monoisotopic (exact) mass is 564 g/mol. The van der Waals surface area contributed by atoms with Crippen LogP contribution in [0.15, 0.2) is 23.8 Å². The SMILES string of the molecule is COc1cc(O)cc(OC)c1[C@H]1C2=CC[C@@H]3C(=O)N(C(C)(C)C)C(=O)[C@@H]3[C@@H]2C[C@@]2(Cl)C(=O)N(C)C(=O)[C@@]12Cl. The Kier molecular flexibility index (Phi) is 5.90. The third kappa shape index (κ3) is 3.18. The molecule has 6 atom stereocenters. The van der Waals surface area contributed by atoms with Crippen LogP contribution in [0.5, 0.6) is 17.2 Å². The maximum atomic E-state index is 13.8. The first-order chi connectivity index (χ1) is 17.6. The highest BCUT2D eigenvalue weighted by atomic mass is 35.5. The van der Waals surface area contributed by atoms with Crippen molar-refractivity contribution in [3.05, 3.63) is 29.3 Å². The normalized spacial score (nSPS) is 34.7. The van der Waals surface area contributed by atoms with Crippen molar-refractivity contribution in [2.75, 3.05) is 21.3 Å². The van der Waals surface area contributed by atoms with E-state index in [4.69, 9.17) is 32.7 Å². The quantitative estimate of drug-likeness (QED) is 0.340. The molecule has 2 heterocycles. The first-order valence-corrected chi connectivity index (χ1v) is 13.1. The maximum absolute atomic E-state index is 13.8. The van der Waals surface area contributed by atoms with Gasteiger partial charge in [0.1, 0.15) is 17.2 Å². The van der Waals surface area contributed by atoms with Gasteiger partial charge in [-0.25, -0.2) is 0 Å². The molecule has 2 aliphatic heterocycles. The number of phenolic OH excluding ortho intramolecular Hbond substituents is 1. The molecule has 5 rings (SSSR count). The smallest absolute Gasteiger partial charge is 0.253 e. The Hall–Kier alpha value is -2.78. The summed E-state index contributed by atoms with van der Waals surface area (Å²) < 4.78 is 11.2. The molecule has 1 saturated carbocycles. The topological polar surface area (TPSA) is 113 Å². The number of hydrogen-bond acceptors (Lipinski definition) is 7. The van der Waals surface area contributed by atoms with Gasteiger partial charge in [0.2, 0.25) is 11.8 Å². The minimum absolute atomic E-state index is 0.101.